The number of rotatable bonds is 3. The molecule has 3 nitrogen and oxygen atoms in total. The fourth-order valence-electron chi connectivity index (χ4n) is 2.77. The monoisotopic (exact) mass is 300 g/mol. The Morgan fingerprint density at radius 2 is 1.67 bits per heavy atom. The molecule has 1 atom stereocenters. The number of carbonyl (C=O) groups excluding carboxylic acids is 1. The van der Waals surface area contributed by atoms with Gasteiger partial charge in [0.25, 0.3) is 0 Å². The third kappa shape index (κ3) is 3.26. The fourth-order valence-corrected chi connectivity index (χ4v) is 2.90. The molecule has 0 saturated carbocycles. The molecule has 108 valence electrons. The molecule has 21 heavy (non-hydrogen) atoms. The van der Waals surface area contributed by atoms with Gasteiger partial charge in [0, 0.05) is 18.1 Å². The standard InChI is InChI=1S/C17H17ClN2O/c18-15-8-6-14(7-9-15)17(13-4-2-1-3-5-13)20-11-10-19-16(21)12-20/h1-9,17H,10-12H2,(H,19,21)/t17-/m1/s1. The molecule has 2 aromatic rings. The van der Waals surface area contributed by atoms with E-state index < -0.39 is 0 Å². The second-order valence-corrected chi connectivity index (χ2v) is 5.62. The fraction of sp³-hybridized carbons (Fsp3) is 0.235. The van der Waals surface area contributed by atoms with Gasteiger partial charge in [0.05, 0.1) is 12.6 Å². The van der Waals surface area contributed by atoms with Gasteiger partial charge in [-0.1, -0.05) is 54.1 Å². The summed E-state index contributed by atoms with van der Waals surface area (Å²) in [5.74, 6) is 0.0798. The van der Waals surface area contributed by atoms with Crippen molar-refractivity contribution in [3.05, 3.63) is 70.7 Å². The largest absolute Gasteiger partial charge is 0.354 e. The molecule has 0 spiro atoms. The Balaban J connectivity index is 1.98. The maximum atomic E-state index is 11.7. The number of benzene rings is 2. The molecule has 1 aliphatic rings. The van der Waals surface area contributed by atoms with Crippen LogP contribution < -0.4 is 5.32 Å². The minimum Gasteiger partial charge on any atom is -0.354 e. The van der Waals surface area contributed by atoms with E-state index in [4.69, 9.17) is 11.6 Å². The summed E-state index contributed by atoms with van der Waals surface area (Å²) in [6.45, 7) is 1.95. The number of hydrogen-bond acceptors (Lipinski definition) is 2. The van der Waals surface area contributed by atoms with Crippen molar-refractivity contribution in [2.24, 2.45) is 0 Å². The summed E-state index contributed by atoms with van der Waals surface area (Å²) in [6.07, 6.45) is 0. The van der Waals surface area contributed by atoms with Crippen LogP contribution in [0.3, 0.4) is 0 Å². The Morgan fingerprint density at radius 1 is 1.00 bits per heavy atom. The summed E-state index contributed by atoms with van der Waals surface area (Å²) in [6, 6.07) is 18.2. The molecule has 0 unspecified atom stereocenters. The van der Waals surface area contributed by atoms with Crippen LogP contribution in [0.4, 0.5) is 0 Å². The Hall–Kier alpha value is -1.84. The topological polar surface area (TPSA) is 32.3 Å². The maximum Gasteiger partial charge on any atom is 0.234 e. The van der Waals surface area contributed by atoms with Crippen LogP contribution in [-0.2, 0) is 4.79 Å². The van der Waals surface area contributed by atoms with Crippen LogP contribution in [0.15, 0.2) is 54.6 Å². The van der Waals surface area contributed by atoms with Gasteiger partial charge in [-0.3, -0.25) is 9.69 Å². The molecule has 1 amide bonds. The van der Waals surface area contributed by atoms with Crippen LogP contribution in [0, 0.1) is 0 Å². The van der Waals surface area contributed by atoms with Crippen LogP contribution in [0.2, 0.25) is 5.02 Å². The van der Waals surface area contributed by atoms with Crippen molar-refractivity contribution in [1.82, 2.24) is 10.2 Å². The van der Waals surface area contributed by atoms with Gasteiger partial charge in [0.1, 0.15) is 0 Å². The van der Waals surface area contributed by atoms with Crippen molar-refractivity contribution in [2.75, 3.05) is 19.6 Å². The summed E-state index contributed by atoms with van der Waals surface area (Å²) in [5.41, 5.74) is 2.34. The lowest BCUT2D eigenvalue weighted by atomic mass is 9.96. The Bertz CT molecular complexity index is 612. The Labute approximate surface area is 129 Å². The third-order valence-electron chi connectivity index (χ3n) is 3.73. The molecule has 0 radical (unpaired) electrons. The first-order valence-corrected chi connectivity index (χ1v) is 7.43. The van der Waals surface area contributed by atoms with E-state index in [1.165, 1.54) is 5.56 Å². The lowest BCUT2D eigenvalue weighted by molar-refractivity contribution is -0.124. The molecule has 1 fully saturated rings. The van der Waals surface area contributed by atoms with Gasteiger partial charge in [-0.05, 0) is 23.3 Å². The molecule has 1 saturated heterocycles. The third-order valence-corrected chi connectivity index (χ3v) is 3.99. The van der Waals surface area contributed by atoms with E-state index in [9.17, 15) is 4.79 Å². The maximum absolute atomic E-state index is 11.7. The molecule has 0 aromatic heterocycles. The number of nitrogens with one attached hydrogen (secondary N) is 1. The highest BCUT2D eigenvalue weighted by molar-refractivity contribution is 6.30. The van der Waals surface area contributed by atoms with E-state index >= 15 is 0 Å². The average molecular weight is 301 g/mol. The van der Waals surface area contributed by atoms with E-state index in [1.807, 2.05) is 42.5 Å². The lowest BCUT2D eigenvalue weighted by Gasteiger charge is -2.34. The molecular formula is C17H17ClN2O. The first-order chi connectivity index (χ1) is 10.2. The highest BCUT2D eigenvalue weighted by Gasteiger charge is 2.26. The summed E-state index contributed by atoms with van der Waals surface area (Å²) in [5, 5.41) is 3.60. The van der Waals surface area contributed by atoms with Crippen LogP contribution in [-0.4, -0.2) is 30.4 Å². The molecule has 1 heterocycles. The predicted octanol–water partition coefficient (Wildman–Crippen LogP) is 2.86. The molecule has 4 heteroatoms. The van der Waals surface area contributed by atoms with Crippen molar-refractivity contribution >= 4 is 17.5 Å². The van der Waals surface area contributed by atoms with Gasteiger partial charge in [-0.2, -0.15) is 0 Å². The minimum absolute atomic E-state index is 0.0783. The van der Waals surface area contributed by atoms with E-state index in [1.54, 1.807) is 0 Å². The van der Waals surface area contributed by atoms with Crippen molar-refractivity contribution in [1.29, 1.82) is 0 Å². The van der Waals surface area contributed by atoms with Gasteiger partial charge >= 0.3 is 0 Å². The molecule has 1 N–H and O–H groups in total. The van der Waals surface area contributed by atoms with E-state index in [0.717, 1.165) is 17.1 Å². The zero-order valence-electron chi connectivity index (χ0n) is 11.6. The average Bonchev–Trinajstić information content (AvgIpc) is 2.51. The van der Waals surface area contributed by atoms with Crippen molar-refractivity contribution < 1.29 is 4.79 Å². The van der Waals surface area contributed by atoms with Crippen molar-refractivity contribution in [3.8, 4) is 0 Å². The lowest BCUT2D eigenvalue weighted by Crippen LogP contribution is -2.49. The first kappa shape index (κ1) is 14.1. The molecule has 1 aliphatic heterocycles. The van der Waals surface area contributed by atoms with Crippen LogP contribution >= 0.6 is 11.6 Å². The van der Waals surface area contributed by atoms with Gasteiger partial charge in [0.2, 0.25) is 5.91 Å². The zero-order chi connectivity index (χ0) is 14.7. The number of halogens is 1. The summed E-state index contributed by atoms with van der Waals surface area (Å²) in [4.78, 5) is 13.9. The zero-order valence-corrected chi connectivity index (χ0v) is 12.4. The number of carbonyl (C=O) groups is 1. The van der Waals surface area contributed by atoms with Crippen LogP contribution in [0.1, 0.15) is 17.2 Å². The normalized spacial score (nSPS) is 17.3. The summed E-state index contributed by atoms with van der Waals surface area (Å²) in [7, 11) is 0. The second-order valence-electron chi connectivity index (χ2n) is 5.19. The van der Waals surface area contributed by atoms with Crippen molar-refractivity contribution in [2.45, 2.75) is 6.04 Å². The molecular weight excluding hydrogens is 284 g/mol. The van der Waals surface area contributed by atoms with Crippen LogP contribution in [0.5, 0.6) is 0 Å². The molecule has 0 aliphatic carbocycles. The van der Waals surface area contributed by atoms with Crippen molar-refractivity contribution in [3.63, 3.8) is 0 Å². The molecule has 0 bridgehead atoms. The molecule has 3 rings (SSSR count). The Morgan fingerprint density at radius 3 is 2.33 bits per heavy atom. The predicted molar refractivity (Wildman–Crippen MR) is 84.3 cm³/mol. The van der Waals surface area contributed by atoms with Gasteiger partial charge in [0.15, 0.2) is 0 Å². The van der Waals surface area contributed by atoms with Crippen LogP contribution in [0.25, 0.3) is 0 Å². The first-order valence-electron chi connectivity index (χ1n) is 7.05. The summed E-state index contributed by atoms with van der Waals surface area (Å²) < 4.78 is 0. The number of hydrogen-bond donors (Lipinski definition) is 1. The van der Waals surface area contributed by atoms with Gasteiger partial charge < -0.3 is 5.32 Å². The van der Waals surface area contributed by atoms with E-state index in [0.29, 0.717) is 13.1 Å². The molecule has 2 aromatic carbocycles. The number of amides is 1. The number of nitrogens with zero attached hydrogens (tertiary/aromatic N) is 1. The highest BCUT2D eigenvalue weighted by Crippen LogP contribution is 2.29. The SMILES string of the molecule is O=C1CN([C@H](c2ccccc2)c2ccc(Cl)cc2)CCN1. The highest BCUT2D eigenvalue weighted by atomic mass is 35.5. The van der Waals surface area contributed by atoms with E-state index in [-0.39, 0.29) is 11.9 Å². The minimum atomic E-state index is 0.0783. The van der Waals surface area contributed by atoms with Gasteiger partial charge in [-0.25, -0.2) is 0 Å². The summed E-state index contributed by atoms with van der Waals surface area (Å²) >= 11 is 5.99. The second kappa shape index (κ2) is 6.29. The van der Waals surface area contributed by atoms with E-state index in [2.05, 4.69) is 22.3 Å². The smallest absolute Gasteiger partial charge is 0.234 e. The quantitative estimate of drug-likeness (QED) is 0.945. The Kier molecular flexibility index (Phi) is 4.23. The number of piperazine rings is 1. The van der Waals surface area contributed by atoms with Gasteiger partial charge in [-0.15, -0.1) is 0 Å².